The summed E-state index contributed by atoms with van der Waals surface area (Å²) in [4.78, 5) is 2.75. The zero-order valence-electron chi connectivity index (χ0n) is 14.6. The van der Waals surface area contributed by atoms with Gasteiger partial charge in [0.15, 0.2) is 0 Å². The summed E-state index contributed by atoms with van der Waals surface area (Å²) in [6.45, 7) is 13.6. The van der Waals surface area contributed by atoms with Crippen LogP contribution in [0.25, 0.3) is 6.08 Å². The number of nitrogens with zero attached hydrogens (tertiary/aromatic N) is 1. The molecule has 3 rings (SSSR count). The van der Waals surface area contributed by atoms with Crippen LogP contribution in [-0.4, -0.2) is 24.0 Å². The highest BCUT2D eigenvalue weighted by atomic mass is 15.2. The standard InChI is InChI=1S/C21H31N/c1-5-17-11-10-16(12-18(17)6-2)13-19-8-7-9-20(19)22-14-21(3,4)15-22/h5,10-12,19-20H,1,6-9,13-15H2,2-4H3. The van der Waals surface area contributed by atoms with E-state index < -0.39 is 0 Å². The van der Waals surface area contributed by atoms with Crippen LogP contribution in [0.1, 0.15) is 56.7 Å². The van der Waals surface area contributed by atoms with Gasteiger partial charge in [0.1, 0.15) is 0 Å². The van der Waals surface area contributed by atoms with Crippen LogP contribution in [0.15, 0.2) is 24.8 Å². The van der Waals surface area contributed by atoms with Crippen molar-refractivity contribution >= 4 is 6.08 Å². The van der Waals surface area contributed by atoms with Gasteiger partial charge in [-0.3, -0.25) is 4.90 Å². The fourth-order valence-corrected chi connectivity index (χ4v) is 4.62. The maximum absolute atomic E-state index is 3.93. The largest absolute Gasteiger partial charge is 0.299 e. The second-order valence-electron chi connectivity index (χ2n) is 8.12. The van der Waals surface area contributed by atoms with Gasteiger partial charge in [-0.1, -0.05) is 58.0 Å². The SMILES string of the molecule is C=Cc1ccc(CC2CCCC2N2CC(C)(C)C2)cc1CC. The Morgan fingerprint density at radius 2 is 2.05 bits per heavy atom. The second kappa shape index (κ2) is 6.20. The first-order valence-corrected chi connectivity index (χ1v) is 9.01. The first kappa shape index (κ1) is 15.8. The van der Waals surface area contributed by atoms with E-state index in [1.54, 1.807) is 0 Å². The second-order valence-corrected chi connectivity index (χ2v) is 8.12. The van der Waals surface area contributed by atoms with Crippen LogP contribution in [0.2, 0.25) is 0 Å². The van der Waals surface area contributed by atoms with Gasteiger partial charge in [-0.2, -0.15) is 0 Å². The minimum atomic E-state index is 0.550. The molecule has 2 fully saturated rings. The third-order valence-corrected chi connectivity index (χ3v) is 5.66. The lowest BCUT2D eigenvalue weighted by atomic mass is 9.81. The Morgan fingerprint density at radius 1 is 1.27 bits per heavy atom. The molecule has 120 valence electrons. The van der Waals surface area contributed by atoms with Crippen LogP contribution in [0.3, 0.4) is 0 Å². The van der Waals surface area contributed by atoms with Crippen LogP contribution < -0.4 is 0 Å². The van der Waals surface area contributed by atoms with Crippen molar-refractivity contribution < 1.29 is 0 Å². The van der Waals surface area contributed by atoms with Crippen LogP contribution in [0.5, 0.6) is 0 Å². The summed E-state index contributed by atoms with van der Waals surface area (Å²) in [5.74, 6) is 0.857. The number of hydrogen-bond donors (Lipinski definition) is 0. The zero-order valence-corrected chi connectivity index (χ0v) is 14.6. The Kier molecular flexibility index (Phi) is 4.45. The van der Waals surface area contributed by atoms with Gasteiger partial charge in [0.05, 0.1) is 0 Å². The van der Waals surface area contributed by atoms with Crippen molar-refractivity contribution in [2.45, 2.75) is 58.9 Å². The molecule has 1 saturated carbocycles. The predicted molar refractivity (Wildman–Crippen MR) is 96.1 cm³/mol. The first-order valence-electron chi connectivity index (χ1n) is 9.01. The summed E-state index contributed by atoms with van der Waals surface area (Å²) < 4.78 is 0. The first-order chi connectivity index (χ1) is 10.5. The molecule has 1 aliphatic heterocycles. The van der Waals surface area contributed by atoms with E-state index in [0.29, 0.717) is 5.41 Å². The molecule has 2 unspecified atom stereocenters. The fraction of sp³-hybridized carbons (Fsp3) is 0.619. The minimum absolute atomic E-state index is 0.550. The van der Waals surface area contributed by atoms with E-state index in [1.807, 2.05) is 6.08 Å². The number of rotatable bonds is 5. The number of aryl methyl sites for hydroxylation is 1. The molecule has 1 aromatic rings. The molecule has 1 aromatic carbocycles. The number of hydrogen-bond acceptors (Lipinski definition) is 1. The molecule has 0 spiro atoms. The van der Waals surface area contributed by atoms with Crippen LogP contribution >= 0.6 is 0 Å². The van der Waals surface area contributed by atoms with E-state index in [9.17, 15) is 0 Å². The molecule has 2 aliphatic rings. The maximum Gasteiger partial charge on any atom is 0.0127 e. The number of likely N-dealkylation sites (tertiary alicyclic amines) is 1. The molecule has 1 nitrogen and oxygen atoms in total. The molecule has 0 aromatic heterocycles. The third-order valence-electron chi connectivity index (χ3n) is 5.66. The van der Waals surface area contributed by atoms with Gasteiger partial charge < -0.3 is 0 Å². The molecule has 1 heterocycles. The van der Waals surface area contributed by atoms with E-state index in [-0.39, 0.29) is 0 Å². The topological polar surface area (TPSA) is 3.24 Å². The monoisotopic (exact) mass is 297 g/mol. The highest BCUT2D eigenvalue weighted by molar-refractivity contribution is 5.53. The Labute approximate surface area is 136 Å². The molecule has 0 N–H and O–H groups in total. The summed E-state index contributed by atoms with van der Waals surface area (Å²) in [5.41, 5.74) is 4.83. The van der Waals surface area contributed by atoms with E-state index in [1.165, 1.54) is 55.5 Å². The minimum Gasteiger partial charge on any atom is -0.299 e. The van der Waals surface area contributed by atoms with Crippen LogP contribution in [0, 0.1) is 11.3 Å². The predicted octanol–water partition coefficient (Wildman–Crippen LogP) is 4.95. The summed E-state index contributed by atoms with van der Waals surface area (Å²) in [6, 6.07) is 7.84. The Morgan fingerprint density at radius 3 is 2.68 bits per heavy atom. The molecule has 1 heteroatoms. The van der Waals surface area contributed by atoms with Gasteiger partial charge in [0, 0.05) is 19.1 Å². The summed E-state index contributed by atoms with van der Waals surface area (Å²) in [7, 11) is 0. The molecule has 0 radical (unpaired) electrons. The Balaban J connectivity index is 1.68. The lowest BCUT2D eigenvalue weighted by Gasteiger charge is -2.50. The molecular formula is C21H31N. The lowest BCUT2D eigenvalue weighted by molar-refractivity contribution is -0.0183. The smallest absolute Gasteiger partial charge is 0.0127 e. The normalized spacial score (nSPS) is 27.6. The maximum atomic E-state index is 3.93. The average Bonchev–Trinajstić information content (AvgIpc) is 2.92. The van der Waals surface area contributed by atoms with Crippen LogP contribution in [-0.2, 0) is 12.8 Å². The third kappa shape index (κ3) is 3.15. The molecule has 0 amide bonds. The zero-order chi connectivity index (χ0) is 15.7. The van der Waals surface area contributed by atoms with Gasteiger partial charge in [-0.25, -0.2) is 0 Å². The molecular weight excluding hydrogens is 266 g/mol. The fourth-order valence-electron chi connectivity index (χ4n) is 4.62. The molecule has 2 atom stereocenters. The van der Waals surface area contributed by atoms with Crippen molar-refractivity contribution in [1.29, 1.82) is 0 Å². The molecule has 1 saturated heterocycles. The van der Waals surface area contributed by atoms with Gasteiger partial charge in [-0.05, 0) is 53.7 Å². The highest BCUT2D eigenvalue weighted by Gasteiger charge is 2.42. The summed E-state index contributed by atoms with van der Waals surface area (Å²) in [6.07, 6.45) is 8.58. The van der Waals surface area contributed by atoms with Crippen molar-refractivity contribution in [1.82, 2.24) is 4.90 Å². The van der Waals surface area contributed by atoms with Crippen molar-refractivity contribution in [3.8, 4) is 0 Å². The molecule has 0 bridgehead atoms. The summed E-state index contributed by atoms with van der Waals surface area (Å²) in [5, 5.41) is 0. The Hall–Kier alpha value is -1.08. The highest BCUT2D eigenvalue weighted by Crippen LogP contribution is 2.40. The van der Waals surface area contributed by atoms with Crippen molar-refractivity contribution in [3.05, 3.63) is 41.5 Å². The number of benzene rings is 1. The van der Waals surface area contributed by atoms with E-state index in [2.05, 4.69) is 50.4 Å². The molecule has 1 aliphatic carbocycles. The summed E-state index contributed by atoms with van der Waals surface area (Å²) >= 11 is 0. The quantitative estimate of drug-likeness (QED) is 0.743. The van der Waals surface area contributed by atoms with Crippen molar-refractivity contribution in [2.24, 2.45) is 11.3 Å². The van der Waals surface area contributed by atoms with Gasteiger partial charge in [0.25, 0.3) is 0 Å². The van der Waals surface area contributed by atoms with Gasteiger partial charge in [0.2, 0.25) is 0 Å². The van der Waals surface area contributed by atoms with E-state index in [4.69, 9.17) is 0 Å². The van der Waals surface area contributed by atoms with E-state index in [0.717, 1.165) is 18.4 Å². The van der Waals surface area contributed by atoms with Crippen molar-refractivity contribution in [2.75, 3.05) is 13.1 Å². The Bertz CT molecular complexity index is 535. The van der Waals surface area contributed by atoms with Gasteiger partial charge in [-0.15, -0.1) is 0 Å². The van der Waals surface area contributed by atoms with E-state index >= 15 is 0 Å². The molecule has 22 heavy (non-hydrogen) atoms. The van der Waals surface area contributed by atoms with Crippen LogP contribution in [0.4, 0.5) is 0 Å². The lowest BCUT2D eigenvalue weighted by Crippen LogP contribution is -2.58. The van der Waals surface area contributed by atoms with Gasteiger partial charge >= 0.3 is 0 Å². The average molecular weight is 297 g/mol. The van der Waals surface area contributed by atoms with Crippen molar-refractivity contribution in [3.63, 3.8) is 0 Å².